The van der Waals surface area contributed by atoms with E-state index in [2.05, 4.69) is 26.6 Å². The number of rotatable bonds is 3. The van der Waals surface area contributed by atoms with Gasteiger partial charge in [-0.15, -0.1) is 11.8 Å². The van der Waals surface area contributed by atoms with Crippen LogP contribution < -0.4 is 10.6 Å². The molecule has 1 heterocycles. The minimum absolute atomic E-state index is 0.0346. The molecule has 1 amide bonds. The Hall–Kier alpha value is -0.520. The Morgan fingerprint density at radius 3 is 3.12 bits per heavy atom. The standard InChI is InChI=1S/C12H15BrN2OS/c1-8(9-3-2-4-10(13)5-9)15-12(16)11-6-17-7-14-11/h2-5,8,11,14H,6-7H2,1H3,(H,15,16)/t8-,11?/m1/s1. The van der Waals surface area contributed by atoms with Gasteiger partial charge in [0.2, 0.25) is 5.91 Å². The molecule has 0 aromatic heterocycles. The molecule has 1 aromatic rings. The quantitative estimate of drug-likeness (QED) is 0.899. The van der Waals surface area contributed by atoms with Gasteiger partial charge >= 0.3 is 0 Å². The summed E-state index contributed by atoms with van der Waals surface area (Å²) >= 11 is 5.19. The van der Waals surface area contributed by atoms with Crippen LogP contribution in [0.2, 0.25) is 0 Å². The number of halogens is 1. The summed E-state index contributed by atoms with van der Waals surface area (Å²) in [5.41, 5.74) is 1.11. The summed E-state index contributed by atoms with van der Waals surface area (Å²) < 4.78 is 1.03. The highest BCUT2D eigenvalue weighted by Gasteiger charge is 2.23. The summed E-state index contributed by atoms with van der Waals surface area (Å²) in [6.45, 7) is 2.00. The Kier molecular flexibility index (Phi) is 4.48. The fraction of sp³-hybridized carbons (Fsp3) is 0.417. The molecule has 0 radical (unpaired) electrons. The predicted molar refractivity (Wildman–Crippen MR) is 74.9 cm³/mol. The van der Waals surface area contributed by atoms with Gasteiger partial charge in [0.05, 0.1) is 12.1 Å². The first-order valence-corrected chi connectivity index (χ1v) is 7.48. The maximum atomic E-state index is 11.9. The summed E-state index contributed by atoms with van der Waals surface area (Å²) in [4.78, 5) is 11.9. The zero-order chi connectivity index (χ0) is 12.3. The van der Waals surface area contributed by atoms with Gasteiger partial charge in [-0.1, -0.05) is 28.1 Å². The summed E-state index contributed by atoms with van der Waals surface area (Å²) in [6, 6.07) is 8.00. The fourth-order valence-electron chi connectivity index (χ4n) is 1.74. The summed E-state index contributed by atoms with van der Waals surface area (Å²) in [6.07, 6.45) is 0. The topological polar surface area (TPSA) is 41.1 Å². The Labute approximate surface area is 114 Å². The molecule has 17 heavy (non-hydrogen) atoms. The van der Waals surface area contributed by atoms with Crippen molar-refractivity contribution in [3.05, 3.63) is 34.3 Å². The average molecular weight is 315 g/mol. The second-order valence-corrected chi connectivity index (χ2v) is 6.00. The van der Waals surface area contributed by atoms with Gasteiger partial charge in [0.1, 0.15) is 0 Å². The van der Waals surface area contributed by atoms with E-state index in [1.54, 1.807) is 11.8 Å². The highest BCUT2D eigenvalue weighted by molar-refractivity contribution is 9.10. The Morgan fingerprint density at radius 1 is 1.65 bits per heavy atom. The van der Waals surface area contributed by atoms with Gasteiger partial charge in [0.25, 0.3) is 0 Å². The van der Waals surface area contributed by atoms with E-state index in [0.717, 1.165) is 21.7 Å². The highest BCUT2D eigenvalue weighted by Crippen LogP contribution is 2.18. The zero-order valence-electron chi connectivity index (χ0n) is 9.57. The van der Waals surface area contributed by atoms with Crippen molar-refractivity contribution in [3.63, 3.8) is 0 Å². The van der Waals surface area contributed by atoms with Crippen LogP contribution in [0.5, 0.6) is 0 Å². The minimum atomic E-state index is -0.0467. The second-order valence-electron chi connectivity index (χ2n) is 4.06. The molecule has 1 aromatic carbocycles. The van der Waals surface area contributed by atoms with Crippen molar-refractivity contribution in [2.75, 3.05) is 11.6 Å². The van der Waals surface area contributed by atoms with Crippen LogP contribution in [0.1, 0.15) is 18.5 Å². The predicted octanol–water partition coefficient (Wildman–Crippen LogP) is 2.29. The Bertz CT molecular complexity index is 407. The molecule has 1 saturated heterocycles. The summed E-state index contributed by atoms with van der Waals surface area (Å²) in [5, 5.41) is 6.20. The van der Waals surface area contributed by atoms with Crippen molar-refractivity contribution in [1.82, 2.24) is 10.6 Å². The van der Waals surface area contributed by atoms with Crippen LogP contribution >= 0.6 is 27.7 Å². The van der Waals surface area contributed by atoms with E-state index in [-0.39, 0.29) is 18.0 Å². The third kappa shape index (κ3) is 3.47. The van der Waals surface area contributed by atoms with Crippen LogP contribution in [-0.4, -0.2) is 23.6 Å². The molecular formula is C12H15BrN2OS. The van der Waals surface area contributed by atoms with E-state index in [9.17, 15) is 4.79 Å². The number of nitrogens with one attached hydrogen (secondary N) is 2. The summed E-state index contributed by atoms with van der Waals surface area (Å²) in [7, 11) is 0. The lowest BCUT2D eigenvalue weighted by Crippen LogP contribution is -2.42. The van der Waals surface area contributed by atoms with Gasteiger partial charge in [-0.05, 0) is 24.6 Å². The van der Waals surface area contributed by atoms with E-state index in [1.165, 1.54) is 0 Å². The normalized spacial score (nSPS) is 21.2. The largest absolute Gasteiger partial charge is 0.348 e. The molecule has 0 spiro atoms. The van der Waals surface area contributed by atoms with Crippen molar-refractivity contribution in [1.29, 1.82) is 0 Å². The molecule has 1 fully saturated rings. The lowest BCUT2D eigenvalue weighted by Gasteiger charge is -2.17. The molecule has 92 valence electrons. The number of amides is 1. The molecule has 0 bridgehead atoms. The van der Waals surface area contributed by atoms with Crippen LogP contribution in [0, 0.1) is 0 Å². The van der Waals surface area contributed by atoms with Gasteiger partial charge in [0, 0.05) is 16.1 Å². The third-order valence-electron chi connectivity index (χ3n) is 2.74. The first-order valence-electron chi connectivity index (χ1n) is 5.54. The molecule has 1 unspecified atom stereocenters. The third-order valence-corrected chi connectivity index (χ3v) is 4.17. The average Bonchev–Trinajstić information content (AvgIpc) is 2.82. The van der Waals surface area contributed by atoms with Crippen molar-refractivity contribution >= 4 is 33.6 Å². The minimum Gasteiger partial charge on any atom is -0.348 e. The molecule has 1 aliphatic heterocycles. The van der Waals surface area contributed by atoms with Crippen LogP contribution in [0.15, 0.2) is 28.7 Å². The summed E-state index contributed by atoms with van der Waals surface area (Å²) in [5.74, 6) is 1.81. The SMILES string of the molecule is C[C@@H](NC(=O)C1CSCN1)c1cccc(Br)c1. The monoisotopic (exact) mass is 314 g/mol. The molecule has 0 aliphatic carbocycles. The lowest BCUT2D eigenvalue weighted by atomic mass is 10.1. The van der Waals surface area contributed by atoms with Crippen molar-refractivity contribution in [2.45, 2.75) is 19.0 Å². The smallest absolute Gasteiger partial charge is 0.238 e. The van der Waals surface area contributed by atoms with E-state index >= 15 is 0 Å². The molecule has 1 aliphatic rings. The first kappa shape index (κ1) is 12.9. The molecule has 2 N–H and O–H groups in total. The van der Waals surface area contributed by atoms with Crippen LogP contribution in [0.3, 0.4) is 0 Å². The maximum Gasteiger partial charge on any atom is 0.238 e. The van der Waals surface area contributed by atoms with Gasteiger partial charge in [0.15, 0.2) is 0 Å². The van der Waals surface area contributed by atoms with Crippen LogP contribution in [0.25, 0.3) is 0 Å². The van der Waals surface area contributed by atoms with Crippen LogP contribution in [-0.2, 0) is 4.79 Å². The van der Waals surface area contributed by atoms with Gasteiger partial charge in [-0.25, -0.2) is 0 Å². The first-order chi connectivity index (χ1) is 8.16. The van der Waals surface area contributed by atoms with Crippen molar-refractivity contribution in [2.24, 2.45) is 0 Å². The number of benzene rings is 1. The molecule has 0 saturated carbocycles. The van der Waals surface area contributed by atoms with Gasteiger partial charge in [-0.3, -0.25) is 10.1 Å². The van der Waals surface area contributed by atoms with E-state index < -0.39 is 0 Å². The van der Waals surface area contributed by atoms with E-state index in [4.69, 9.17) is 0 Å². The number of hydrogen-bond donors (Lipinski definition) is 2. The van der Waals surface area contributed by atoms with Gasteiger partial charge in [-0.2, -0.15) is 0 Å². The van der Waals surface area contributed by atoms with Crippen molar-refractivity contribution in [3.8, 4) is 0 Å². The lowest BCUT2D eigenvalue weighted by molar-refractivity contribution is -0.123. The molecule has 3 nitrogen and oxygen atoms in total. The Balaban J connectivity index is 1.96. The number of hydrogen-bond acceptors (Lipinski definition) is 3. The fourth-order valence-corrected chi connectivity index (χ4v) is 3.10. The molecule has 2 rings (SSSR count). The Morgan fingerprint density at radius 2 is 2.47 bits per heavy atom. The molecule has 2 atom stereocenters. The van der Waals surface area contributed by atoms with E-state index in [1.807, 2.05) is 31.2 Å². The number of carbonyl (C=O) groups excluding carboxylic acids is 1. The zero-order valence-corrected chi connectivity index (χ0v) is 12.0. The molecule has 5 heteroatoms. The second kappa shape index (κ2) is 5.89. The van der Waals surface area contributed by atoms with E-state index in [0.29, 0.717) is 0 Å². The van der Waals surface area contributed by atoms with Crippen molar-refractivity contribution < 1.29 is 4.79 Å². The van der Waals surface area contributed by atoms with Gasteiger partial charge < -0.3 is 5.32 Å². The molecular weight excluding hydrogens is 300 g/mol. The number of carbonyl (C=O) groups is 1. The van der Waals surface area contributed by atoms with Crippen LogP contribution in [0.4, 0.5) is 0 Å². The highest BCUT2D eigenvalue weighted by atomic mass is 79.9. The maximum absolute atomic E-state index is 11.9. The number of thioether (sulfide) groups is 1.